The van der Waals surface area contributed by atoms with E-state index in [2.05, 4.69) is 10.6 Å². The van der Waals surface area contributed by atoms with Gasteiger partial charge in [0.1, 0.15) is 0 Å². The van der Waals surface area contributed by atoms with Crippen molar-refractivity contribution in [3.8, 4) is 0 Å². The highest BCUT2D eigenvalue weighted by Gasteiger charge is 2.09. The number of amides is 1. The minimum atomic E-state index is -0.119. The van der Waals surface area contributed by atoms with Crippen molar-refractivity contribution in [1.29, 1.82) is 0 Å². The molecule has 0 saturated heterocycles. The third kappa shape index (κ3) is 13.2. The van der Waals surface area contributed by atoms with E-state index in [0.717, 1.165) is 16.9 Å². The monoisotopic (exact) mass is 489 g/mol. The van der Waals surface area contributed by atoms with Gasteiger partial charge in [-0.2, -0.15) is 0 Å². The van der Waals surface area contributed by atoms with E-state index in [0.29, 0.717) is 84.7 Å². The van der Waals surface area contributed by atoms with E-state index in [1.54, 1.807) is 0 Å². The number of carbonyl (C=O) groups is 1. The zero-order chi connectivity index (χ0) is 25.0. The highest BCUT2D eigenvalue weighted by Crippen LogP contribution is 2.17. The van der Waals surface area contributed by atoms with Crippen LogP contribution in [-0.2, 0) is 23.7 Å². The van der Waals surface area contributed by atoms with Gasteiger partial charge in [-0.15, -0.1) is 0 Å². The minimum Gasteiger partial charge on any atom is -0.383 e. The fraction of sp³-hybridized carbons (Fsp3) is 0.500. The van der Waals surface area contributed by atoms with E-state index in [1.807, 2.05) is 55.5 Å². The summed E-state index contributed by atoms with van der Waals surface area (Å²) < 4.78 is 27.1. The lowest BCUT2D eigenvalue weighted by Gasteiger charge is -2.11. The Kier molecular flexibility index (Phi) is 15.4. The van der Waals surface area contributed by atoms with Gasteiger partial charge < -0.3 is 40.1 Å². The first-order valence-electron chi connectivity index (χ1n) is 12.0. The summed E-state index contributed by atoms with van der Waals surface area (Å²) in [7, 11) is 0. The molecule has 2 aromatic rings. The lowest BCUT2D eigenvalue weighted by molar-refractivity contribution is -0.00985. The van der Waals surface area contributed by atoms with E-state index >= 15 is 0 Å². The second-order valence-electron chi connectivity index (χ2n) is 7.63. The number of para-hydroxylation sites is 1. The van der Waals surface area contributed by atoms with Crippen LogP contribution >= 0.6 is 0 Å². The molecule has 0 unspecified atom stereocenters. The largest absolute Gasteiger partial charge is 0.383 e. The molecule has 0 saturated carbocycles. The first-order valence-corrected chi connectivity index (χ1v) is 12.0. The predicted octanol–water partition coefficient (Wildman–Crippen LogP) is 2.70. The van der Waals surface area contributed by atoms with Gasteiger partial charge in [0.05, 0.1) is 66.1 Å². The third-order valence-corrected chi connectivity index (χ3v) is 4.83. The summed E-state index contributed by atoms with van der Waals surface area (Å²) in [5.74, 6) is -0.119. The maximum Gasteiger partial charge on any atom is 0.255 e. The molecule has 9 nitrogen and oxygen atoms in total. The predicted molar refractivity (Wildman–Crippen MR) is 137 cm³/mol. The van der Waals surface area contributed by atoms with Crippen LogP contribution in [-0.4, -0.2) is 85.1 Å². The van der Waals surface area contributed by atoms with Crippen LogP contribution in [0.4, 0.5) is 11.4 Å². The molecule has 0 fully saturated rings. The number of benzene rings is 2. The molecule has 0 heterocycles. The van der Waals surface area contributed by atoms with Crippen molar-refractivity contribution in [2.45, 2.75) is 6.92 Å². The summed E-state index contributed by atoms with van der Waals surface area (Å²) in [4.78, 5) is 12.5. The molecule has 194 valence electrons. The number of nitrogens with one attached hydrogen (secondary N) is 2. The summed E-state index contributed by atoms with van der Waals surface area (Å²) in [6, 6.07) is 15.1. The molecule has 0 bridgehead atoms. The van der Waals surface area contributed by atoms with Gasteiger partial charge in [-0.3, -0.25) is 4.79 Å². The Hall–Kier alpha value is -2.53. The average Bonchev–Trinajstić information content (AvgIpc) is 2.86. The Labute approximate surface area is 208 Å². The van der Waals surface area contributed by atoms with Crippen LogP contribution in [0.3, 0.4) is 0 Å². The van der Waals surface area contributed by atoms with Crippen molar-refractivity contribution < 1.29 is 28.5 Å². The van der Waals surface area contributed by atoms with Crippen molar-refractivity contribution in [1.82, 2.24) is 0 Å². The maximum atomic E-state index is 12.5. The molecule has 0 radical (unpaired) electrons. The maximum absolute atomic E-state index is 12.5. The van der Waals surface area contributed by atoms with Gasteiger partial charge in [0, 0.05) is 30.0 Å². The lowest BCUT2D eigenvalue weighted by Crippen LogP contribution is -2.16. The van der Waals surface area contributed by atoms with Crippen LogP contribution in [0, 0.1) is 6.92 Å². The minimum absolute atomic E-state index is 0.119. The van der Waals surface area contributed by atoms with Crippen LogP contribution in [0.2, 0.25) is 0 Å². The Morgan fingerprint density at radius 1 is 0.714 bits per heavy atom. The topological polar surface area (TPSA) is 113 Å². The molecule has 0 aliphatic carbocycles. The van der Waals surface area contributed by atoms with E-state index < -0.39 is 0 Å². The Morgan fingerprint density at radius 2 is 1.26 bits per heavy atom. The molecule has 4 N–H and O–H groups in total. The molecule has 1 amide bonds. The van der Waals surface area contributed by atoms with Gasteiger partial charge in [0.2, 0.25) is 0 Å². The fourth-order valence-electron chi connectivity index (χ4n) is 3.08. The number of rotatable bonds is 20. The summed E-state index contributed by atoms with van der Waals surface area (Å²) >= 11 is 0. The molecule has 0 aromatic heterocycles. The van der Waals surface area contributed by atoms with E-state index in [9.17, 15) is 4.79 Å². The molecule has 2 aromatic carbocycles. The van der Waals surface area contributed by atoms with Crippen LogP contribution in [0.25, 0.3) is 0 Å². The average molecular weight is 490 g/mol. The van der Waals surface area contributed by atoms with Crippen LogP contribution in [0.15, 0.2) is 48.5 Å². The number of hydrogen-bond donors (Lipinski definition) is 3. The number of ether oxygens (including phenoxy) is 5. The first kappa shape index (κ1) is 28.7. The Balaban J connectivity index is 1.44. The second kappa shape index (κ2) is 18.8. The Bertz CT molecular complexity index is 822. The van der Waals surface area contributed by atoms with Gasteiger partial charge >= 0.3 is 0 Å². The number of aryl methyl sites for hydroxylation is 1. The first-order chi connectivity index (χ1) is 17.2. The van der Waals surface area contributed by atoms with Crippen LogP contribution in [0.1, 0.15) is 15.9 Å². The molecule has 0 spiro atoms. The van der Waals surface area contributed by atoms with Gasteiger partial charge in [-0.1, -0.05) is 18.2 Å². The van der Waals surface area contributed by atoms with E-state index in [-0.39, 0.29) is 5.91 Å². The number of hydrogen-bond acceptors (Lipinski definition) is 8. The molecule has 0 atom stereocenters. The number of carbonyl (C=O) groups excluding carboxylic acids is 1. The fourth-order valence-corrected chi connectivity index (χ4v) is 3.08. The number of anilines is 2. The Morgan fingerprint density at radius 3 is 1.80 bits per heavy atom. The molecule has 9 heteroatoms. The normalized spacial score (nSPS) is 10.9. The molecule has 0 aliphatic heterocycles. The molecule has 0 aliphatic rings. The second-order valence-corrected chi connectivity index (χ2v) is 7.63. The smallest absolute Gasteiger partial charge is 0.255 e. The van der Waals surface area contributed by atoms with Crippen molar-refractivity contribution in [2.24, 2.45) is 5.73 Å². The zero-order valence-electron chi connectivity index (χ0n) is 20.6. The standard InChI is InChI=1S/C26H39N3O6/c1-22-21-24(7-8-25(22)26(30)29-23-5-3-2-4-6-23)28-10-12-32-14-16-34-18-20-35-19-17-33-15-13-31-11-9-27/h2-8,21,28H,9-20,27H2,1H3,(H,29,30). The third-order valence-electron chi connectivity index (χ3n) is 4.83. The zero-order valence-corrected chi connectivity index (χ0v) is 20.6. The van der Waals surface area contributed by atoms with Crippen molar-refractivity contribution in [2.75, 3.05) is 89.8 Å². The van der Waals surface area contributed by atoms with Gasteiger partial charge in [-0.25, -0.2) is 0 Å². The van der Waals surface area contributed by atoms with Crippen LogP contribution in [0.5, 0.6) is 0 Å². The van der Waals surface area contributed by atoms with Gasteiger partial charge in [0.15, 0.2) is 0 Å². The summed E-state index contributed by atoms with van der Waals surface area (Å²) in [5, 5.41) is 6.22. The summed E-state index contributed by atoms with van der Waals surface area (Å²) in [5.41, 5.74) is 8.61. The van der Waals surface area contributed by atoms with E-state index in [4.69, 9.17) is 29.4 Å². The molecule has 2 rings (SSSR count). The quantitative estimate of drug-likeness (QED) is 0.243. The molecular formula is C26H39N3O6. The van der Waals surface area contributed by atoms with Gasteiger partial charge in [-0.05, 0) is 42.8 Å². The SMILES string of the molecule is Cc1cc(NCCOCCOCCOCCOCCOCCN)ccc1C(=O)Nc1ccccc1. The van der Waals surface area contributed by atoms with Crippen molar-refractivity contribution in [3.63, 3.8) is 0 Å². The number of nitrogens with two attached hydrogens (primary N) is 1. The van der Waals surface area contributed by atoms with Crippen molar-refractivity contribution >= 4 is 17.3 Å². The van der Waals surface area contributed by atoms with Gasteiger partial charge in [0.25, 0.3) is 5.91 Å². The van der Waals surface area contributed by atoms with Crippen molar-refractivity contribution in [3.05, 3.63) is 59.7 Å². The molecule has 35 heavy (non-hydrogen) atoms. The molecular weight excluding hydrogens is 450 g/mol. The highest BCUT2D eigenvalue weighted by molar-refractivity contribution is 6.05. The van der Waals surface area contributed by atoms with E-state index in [1.165, 1.54) is 0 Å². The lowest BCUT2D eigenvalue weighted by atomic mass is 10.1. The highest BCUT2D eigenvalue weighted by atomic mass is 16.6. The summed E-state index contributed by atoms with van der Waals surface area (Å²) in [6.45, 7) is 8.46. The van der Waals surface area contributed by atoms with Crippen LogP contribution < -0.4 is 16.4 Å². The summed E-state index contributed by atoms with van der Waals surface area (Å²) in [6.07, 6.45) is 0.